The van der Waals surface area contributed by atoms with E-state index < -0.39 is 11.9 Å². The molecule has 1 aromatic carbocycles. The number of carbonyl (C=O) groups excluding carboxylic acids is 1. The van der Waals surface area contributed by atoms with E-state index in [0.29, 0.717) is 11.5 Å². The minimum absolute atomic E-state index is 0.257. The van der Waals surface area contributed by atoms with Crippen LogP contribution in [0.4, 0.5) is 5.82 Å². The zero-order valence-corrected chi connectivity index (χ0v) is 10.4. The van der Waals surface area contributed by atoms with Gasteiger partial charge in [-0.25, -0.2) is 4.68 Å². The van der Waals surface area contributed by atoms with Crippen LogP contribution in [0, 0.1) is 6.92 Å². The fourth-order valence-electron chi connectivity index (χ4n) is 2.14. The molecule has 2 aromatic rings. The van der Waals surface area contributed by atoms with Crippen LogP contribution in [0.1, 0.15) is 11.1 Å². The lowest BCUT2D eigenvalue weighted by Crippen LogP contribution is -2.47. The van der Waals surface area contributed by atoms with E-state index in [1.54, 1.807) is 10.9 Å². The summed E-state index contributed by atoms with van der Waals surface area (Å²) in [4.78, 5) is 11.6. The minimum Gasteiger partial charge on any atom is -0.320 e. The highest BCUT2D eigenvalue weighted by Crippen LogP contribution is 2.25. The number of hydrogen-bond donors (Lipinski definition) is 2. The summed E-state index contributed by atoms with van der Waals surface area (Å²) >= 11 is 0. The molecule has 1 aliphatic rings. The largest absolute Gasteiger partial charge is 0.320 e. The van der Waals surface area contributed by atoms with Crippen molar-refractivity contribution < 1.29 is 10.0 Å². The molecular formula is C13H14N4O2. The Hall–Kier alpha value is -2.18. The van der Waals surface area contributed by atoms with Gasteiger partial charge in [0.05, 0.1) is 11.7 Å². The molecule has 1 aliphatic heterocycles. The van der Waals surface area contributed by atoms with Crippen LogP contribution in [0.25, 0.3) is 5.69 Å². The first-order valence-corrected chi connectivity index (χ1v) is 6.00. The molecule has 0 saturated carbocycles. The summed E-state index contributed by atoms with van der Waals surface area (Å²) in [5.74, 6) is -0.270. The van der Waals surface area contributed by atoms with Crippen LogP contribution in [-0.4, -0.2) is 26.9 Å². The fourth-order valence-corrected chi connectivity index (χ4v) is 2.14. The Labute approximate surface area is 110 Å². The van der Waals surface area contributed by atoms with E-state index in [1.165, 1.54) is 0 Å². The number of nitrogens with zero attached hydrogens (tertiary/aromatic N) is 3. The molecule has 19 heavy (non-hydrogen) atoms. The monoisotopic (exact) mass is 258 g/mol. The van der Waals surface area contributed by atoms with Gasteiger partial charge in [0.2, 0.25) is 0 Å². The van der Waals surface area contributed by atoms with E-state index in [0.717, 1.165) is 16.8 Å². The average Bonchev–Trinajstić information content (AvgIpc) is 2.81. The van der Waals surface area contributed by atoms with Crippen LogP contribution >= 0.6 is 0 Å². The summed E-state index contributed by atoms with van der Waals surface area (Å²) < 4.78 is 1.64. The van der Waals surface area contributed by atoms with Crippen LogP contribution in [0.5, 0.6) is 0 Å². The topological polar surface area (TPSA) is 84.4 Å². The molecule has 3 rings (SSSR count). The number of anilines is 1. The highest BCUT2D eigenvalue weighted by atomic mass is 16.5. The standard InChI is InChI=1S/C13H14N4O2/c1-8-2-4-10(5-3-8)16-7-9-6-11(14)13(18)17(19)12(9)15-16/h2-5,7,11,19H,6,14H2,1H3/t11-/m0/s1. The first-order valence-electron chi connectivity index (χ1n) is 6.00. The number of fused-ring (bicyclic) bond motifs is 1. The van der Waals surface area contributed by atoms with Gasteiger partial charge < -0.3 is 5.73 Å². The van der Waals surface area contributed by atoms with Crippen molar-refractivity contribution in [3.63, 3.8) is 0 Å². The fraction of sp³-hybridized carbons (Fsp3) is 0.231. The van der Waals surface area contributed by atoms with Crippen molar-refractivity contribution >= 4 is 11.7 Å². The molecule has 1 aromatic heterocycles. The zero-order chi connectivity index (χ0) is 13.6. The summed E-state index contributed by atoms with van der Waals surface area (Å²) in [6.07, 6.45) is 2.17. The molecule has 1 atom stereocenters. The van der Waals surface area contributed by atoms with Crippen molar-refractivity contribution in [2.45, 2.75) is 19.4 Å². The molecule has 2 heterocycles. The second-order valence-corrected chi connectivity index (χ2v) is 4.72. The van der Waals surface area contributed by atoms with Crippen molar-refractivity contribution in [1.82, 2.24) is 9.78 Å². The molecule has 6 heteroatoms. The Morgan fingerprint density at radius 3 is 2.74 bits per heavy atom. The number of aromatic nitrogens is 2. The van der Waals surface area contributed by atoms with Crippen LogP contribution in [0.2, 0.25) is 0 Å². The molecule has 6 nitrogen and oxygen atoms in total. The Morgan fingerprint density at radius 2 is 2.05 bits per heavy atom. The maximum atomic E-state index is 11.6. The van der Waals surface area contributed by atoms with E-state index in [2.05, 4.69) is 5.10 Å². The van der Waals surface area contributed by atoms with Crippen molar-refractivity contribution in [3.05, 3.63) is 41.6 Å². The molecule has 0 spiro atoms. The summed E-state index contributed by atoms with van der Waals surface area (Å²) in [5.41, 5.74) is 8.45. The quantitative estimate of drug-likeness (QED) is 0.740. The summed E-state index contributed by atoms with van der Waals surface area (Å²) in [7, 11) is 0. The summed E-state index contributed by atoms with van der Waals surface area (Å²) in [5, 5.41) is 14.5. The van der Waals surface area contributed by atoms with Gasteiger partial charge in [-0.2, -0.15) is 5.06 Å². The molecule has 0 saturated heterocycles. The number of benzene rings is 1. The van der Waals surface area contributed by atoms with Gasteiger partial charge in [0, 0.05) is 18.2 Å². The van der Waals surface area contributed by atoms with Crippen molar-refractivity contribution in [2.75, 3.05) is 5.06 Å². The van der Waals surface area contributed by atoms with Crippen LogP contribution in [-0.2, 0) is 11.2 Å². The second kappa shape index (κ2) is 4.18. The van der Waals surface area contributed by atoms with Gasteiger partial charge in [-0.15, -0.1) is 5.10 Å². The van der Waals surface area contributed by atoms with Gasteiger partial charge in [0.1, 0.15) is 0 Å². The third kappa shape index (κ3) is 1.91. The highest BCUT2D eigenvalue weighted by molar-refractivity contribution is 5.97. The number of carbonyl (C=O) groups is 1. The van der Waals surface area contributed by atoms with Crippen molar-refractivity contribution in [2.24, 2.45) is 5.73 Å². The summed E-state index contributed by atoms with van der Waals surface area (Å²) in [6.45, 7) is 2.00. The summed E-state index contributed by atoms with van der Waals surface area (Å²) in [6, 6.07) is 7.09. The number of nitrogens with two attached hydrogens (primary N) is 1. The Morgan fingerprint density at radius 1 is 1.37 bits per heavy atom. The van der Waals surface area contributed by atoms with E-state index in [-0.39, 0.29) is 5.82 Å². The third-order valence-electron chi connectivity index (χ3n) is 3.23. The second-order valence-electron chi connectivity index (χ2n) is 4.72. The van der Waals surface area contributed by atoms with E-state index in [4.69, 9.17) is 5.73 Å². The molecule has 98 valence electrons. The highest BCUT2D eigenvalue weighted by Gasteiger charge is 2.32. The van der Waals surface area contributed by atoms with Crippen LogP contribution < -0.4 is 10.8 Å². The van der Waals surface area contributed by atoms with Gasteiger partial charge in [0.25, 0.3) is 5.91 Å². The Kier molecular flexibility index (Phi) is 2.62. The molecule has 0 bridgehead atoms. The Bertz CT molecular complexity index is 633. The molecular weight excluding hydrogens is 244 g/mol. The SMILES string of the molecule is Cc1ccc(-n2cc3c(n2)N(O)C(=O)[C@@H](N)C3)cc1. The van der Waals surface area contributed by atoms with Gasteiger partial charge in [0.15, 0.2) is 5.82 Å². The average molecular weight is 258 g/mol. The number of hydroxylamine groups is 1. The zero-order valence-electron chi connectivity index (χ0n) is 10.4. The third-order valence-corrected chi connectivity index (χ3v) is 3.23. The van der Waals surface area contributed by atoms with Crippen LogP contribution in [0.15, 0.2) is 30.5 Å². The minimum atomic E-state index is -0.715. The van der Waals surface area contributed by atoms with Gasteiger partial charge in [-0.3, -0.25) is 10.0 Å². The van der Waals surface area contributed by atoms with E-state index >= 15 is 0 Å². The molecule has 0 radical (unpaired) electrons. The molecule has 3 N–H and O–H groups in total. The molecule has 0 unspecified atom stereocenters. The first kappa shape index (κ1) is 11.9. The number of aryl methyl sites for hydroxylation is 1. The Balaban J connectivity index is 2.03. The van der Waals surface area contributed by atoms with E-state index in [9.17, 15) is 10.0 Å². The maximum absolute atomic E-state index is 11.6. The van der Waals surface area contributed by atoms with Crippen LogP contribution in [0.3, 0.4) is 0 Å². The lowest BCUT2D eigenvalue weighted by molar-refractivity contribution is -0.125. The van der Waals surface area contributed by atoms with E-state index in [1.807, 2.05) is 31.2 Å². The smallest absolute Gasteiger partial charge is 0.269 e. The van der Waals surface area contributed by atoms with Gasteiger partial charge in [-0.1, -0.05) is 17.7 Å². The normalized spacial score (nSPS) is 18.6. The molecule has 1 amide bonds. The molecule has 0 fully saturated rings. The van der Waals surface area contributed by atoms with Gasteiger partial charge >= 0.3 is 0 Å². The number of hydrogen-bond acceptors (Lipinski definition) is 4. The van der Waals surface area contributed by atoms with Gasteiger partial charge in [-0.05, 0) is 19.1 Å². The number of rotatable bonds is 1. The lowest BCUT2D eigenvalue weighted by Gasteiger charge is -2.22. The maximum Gasteiger partial charge on any atom is 0.269 e. The number of amides is 1. The lowest BCUT2D eigenvalue weighted by atomic mass is 10.1. The predicted octanol–water partition coefficient (Wildman–Crippen LogP) is 0.786. The first-order chi connectivity index (χ1) is 9.06. The molecule has 0 aliphatic carbocycles. The predicted molar refractivity (Wildman–Crippen MR) is 69.3 cm³/mol. The van der Waals surface area contributed by atoms with Crippen molar-refractivity contribution in [1.29, 1.82) is 0 Å². The van der Waals surface area contributed by atoms with Crippen molar-refractivity contribution in [3.8, 4) is 5.69 Å².